The van der Waals surface area contributed by atoms with Crippen molar-refractivity contribution in [3.05, 3.63) is 28.8 Å². The molecule has 110 valence electrons. The molecule has 0 unspecified atom stereocenters. The third kappa shape index (κ3) is 3.38. The molecule has 1 rings (SSSR count). The topological polar surface area (TPSA) is 58.2 Å². The summed E-state index contributed by atoms with van der Waals surface area (Å²) in [5, 5.41) is 3.67. The second-order valence-corrected chi connectivity index (χ2v) is 4.06. The Morgan fingerprint density at radius 1 is 1.30 bits per heavy atom. The van der Waals surface area contributed by atoms with Gasteiger partial charge in [-0.05, 0) is 18.2 Å². The summed E-state index contributed by atoms with van der Waals surface area (Å²) in [5.41, 5.74) is -0.342. The summed E-state index contributed by atoms with van der Waals surface area (Å²) < 4.78 is 49.6. The van der Waals surface area contributed by atoms with Gasteiger partial charge in [0.2, 0.25) is 0 Å². The monoisotopic (exact) mass is 312 g/mol. The average Bonchev–Trinajstić information content (AvgIpc) is 2.39. The van der Waals surface area contributed by atoms with Crippen LogP contribution in [-0.2, 0) is 4.79 Å². The lowest BCUT2D eigenvalue weighted by Crippen LogP contribution is -2.41. The highest BCUT2D eigenvalue weighted by atomic mass is 35.5. The molecule has 20 heavy (non-hydrogen) atoms. The van der Waals surface area contributed by atoms with Crippen molar-refractivity contribution >= 4 is 29.1 Å². The summed E-state index contributed by atoms with van der Waals surface area (Å²) in [6.45, 7) is 0. The summed E-state index contributed by atoms with van der Waals surface area (Å²) >= 11 is 5.64. The van der Waals surface area contributed by atoms with Crippen LogP contribution in [0.2, 0.25) is 5.02 Å². The number of alkyl halides is 4. The molecular weight excluding hydrogens is 304 g/mol. The molecule has 0 aromatic heterocycles. The molecule has 0 radical (unpaired) electrons. The fourth-order valence-electron chi connectivity index (χ4n) is 1.21. The van der Waals surface area contributed by atoms with E-state index in [9.17, 15) is 27.2 Å². The van der Waals surface area contributed by atoms with Crippen LogP contribution in [-0.4, -0.2) is 31.2 Å². The number of halogens is 5. The van der Waals surface area contributed by atoms with Crippen molar-refractivity contribution < 1.29 is 27.2 Å². The summed E-state index contributed by atoms with van der Waals surface area (Å²) in [7, 11) is 1.33. The predicted molar refractivity (Wildman–Crippen MR) is 64.4 cm³/mol. The van der Waals surface area contributed by atoms with E-state index in [1.165, 1.54) is 19.2 Å². The SMILES string of the molecule is CNC(=O)c1ccc(Cl)c(NC(=O)C(F)(F)C(F)F)c1. The van der Waals surface area contributed by atoms with E-state index in [-0.39, 0.29) is 16.3 Å². The Bertz CT molecular complexity index is 537. The highest BCUT2D eigenvalue weighted by molar-refractivity contribution is 6.34. The van der Waals surface area contributed by atoms with Crippen molar-refractivity contribution in [3.63, 3.8) is 0 Å². The van der Waals surface area contributed by atoms with Crippen LogP contribution in [0.4, 0.5) is 23.2 Å². The molecule has 0 bridgehead atoms. The van der Waals surface area contributed by atoms with Gasteiger partial charge in [-0.25, -0.2) is 8.78 Å². The molecular formula is C11H9ClF4N2O2. The molecule has 0 spiro atoms. The smallest absolute Gasteiger partial charge is 0.355 e. The average molecular weight is 313 g/mol. The van der Waals surface area contributed by atoms with Gasteiger partial charge in [0.25, 0.3) is 5.91 Å². The number of rotatable bonds is 4. The van der Waals surface area contributed by atoms with E-state index in [1.807, 2.05) is 0 Å². The van der Waals surface area contributed by atoms with Crippen LogP contribution < -0.4 is 10.6 Å². The number of hydrogen-bond acceptors (Lipinski definition) is 2. The van der Waals surface area contributed by atoms with Gasteiger partial charge in [-0.15, -0.1) is 0 Å². The molecule has 0 aliphatic rings. The Hall–Kier alpha value is -1.83. The second-order valence-electron chi connectivity index (χ2n) is 3.65. The predicted octanol–water partition coefficient (Wildman–Crippen LogP) is 2.54. The van der Waals surface area contributed by atoms with Crippen LogP contribution in [0.1, 0.15) is 10.4 Å². The van der Waals surface area contributed by atoms with E-state index in [4.69, 9.17) is 11.6 Å². The number of nitrogens with one attached hydrogen (secondary N) is 2. The first kappa shape index (κ1) is 16.2. The van der Waals surface area contributed by atoms with Crippen molar-refractivity contribution in [2.24, 2.45) is 0 Å². The van der Waals surface area contributed by atoms with Crippen molar-refractivity contribution in [3.8, 4) is 0 Å². The van der Waals surface area contributed by atoms with E-state index in [2.05, 4.69) is 5.32 Å². The van der Waals surface area contributed by atoms with Gasteiger partial charge < -0.3 is 10.6 Å². The van der Waals surface area contributed by atoms with E-state index in [0.29, 0.717) is 0 Å². The quantitative estimate of drug-likeness (QED) is 0.839. The molecule has 4 nitrogen and oxygen atoms in total. The zero-order valence-corrected chi connectivity index (χ0v) is 10.8. The van der Waals surface area contributed by atoms with Crippen LogP contribution in [0.5, 0.6) is 0 Å². The van der Waals surface area contributed by atoms with Gasteiger partial charge in [-0.1, -0.05) is 11.6 Å². The van der Waals surface area contributed by atoms with Gasteiger partial charge in [0.15, 0.2) is 0 Å². The minimum absolute atomic E-state index is 0.0209. The van der Waals surface area contributed by atoms with Gasteiger partial charge in [0.05, 0.1) is 10.7 Å². The number of carbonyl (C=O) groups is 2. The highest BCUT2D eigenvalue weighted by Gasteiger charge is 2.49. The van der Waals surface area contributed by atoms with Crippen LogP contribution in [0.25, 0.3) is 0 Å². The Labute approximate surface area is 116 Å². The first-order chi connectivity index (χ1) is 9.20. The summed E-state index contributed by atoms with van der Waals surface area (Å²) in [6, 6.07) is 3.45. The number of benzene rings is 1. The molecule has 2 N–H and O–H groups in total. The molecule has 0 fully saturated rings. The fourth-order valence-corrected chi connectivity index (χ4v) is 1.38. The third-order valence-electron chi connectivity index (χ3n) is 2.28. The van der Waals surface area contributed by atoms with Crippen molar-refractivity contribution in [1.29, 1.82) is 0 Å². The molecule has 0 aliphatic heterocycles. The molecule has 0 atom stereocenters. The van der Waals surface area contributed by atoms with Gasteiger partial charge in [0, 0.05) is 12.6 Å². The molecule has 0 saturated heterocycles. The lowest BCUT2D eigenvalue weighted by atomic mass is 10.2. The Morgan fingerprint density at radius 3 is 2.40 bits per heavy atom. The maximum Gasteiger partial charge on any atom is 0.383 e. The van der Waals surface area contributed by atoms with Crippen LogP contribution in [0.3, 0.4) is 0 Å². The highest BCUT2D eigenvalue weighted by Crippen LogP contribution is 2.28. The lowest BCUT2D eigenvalue weighted by Gasteiger charge is -2.15. The molecule has 2 amide bonds. The maximum absolute atomic E-state index is 12.8. The van der Waals surface area contributed by atoms with Crippen LogP contribution in [0.15, 0.2) is 18.2 Å². The Balaban J connectivity index is 3.03. The number of anilines is 1. The minimum atomic E-state index is -4.85. The Kier molecular flexibility index (Phi) is 4.93. The summed E-state index contributed by atoms with van der Waals surface area (Å²) in [4.78, 5) is 22.4. The third-order valence-corrected chi connectivity index (χ3v) is 2.61. The van der Waals surface area contributed by atoms with Crippen molar-refractivity contribution in [2.75, 3.05) is 12.4 Å². The molecule has 0 saturated carbocycles. The molecule has 0 heterocycles. The summed E-state index contributed by atoms with van der Waals surface area (Å²) in [6.07, 6.45) is -4.15. The van der Waals surface area contributed by atoms with Gasteiger partial charge in [0.1, 0.15) is 0 Å². The van der Waals surface area contributed by atoms with Gasteiger partial charge >= 0.3 is 18.3 Å². The van der Waals surface area contributed by atoms with Gasteiger partial charge in [-0.2, -0.15) is 8.78 Å². The zero-order chi connectivity index (χ0) is 15.5. The number of amides is 2. The standard InChI is InChI=1S/C11H9ClF4N2O2/c1-17-8(19)5-2-3-6(12)7(4-5)18-10(20)11(15,16)9(13)14/h2-4,9H,1H3,(H,17,19)(H,18,20). The first-order valence-electron chi connectivity index (χ1n) is 5.19. The molecule has 1 aromatic rings. The Morgan fingerprint density at radius 2 is 1.90 bits per heavy atom. The second kappa shape index (κ2) is 6.08. The number of carbonyl (C=O) groups excluding carboxylic acids is 2. The van der Waals surface area contributed by atoms with Crippen molar-refractivity contribution in [1.82, 2.24) is 5.32 Å². The van der Waals surface area contributed by atoms with E-state index in [0.717, 1.165) is 6.07 Å². The number of hydrogen-bond donors (Lipinski definition) is 2. The van der Waals surface area contributed by atoms with Crippen LogP contribution >= 0.6 is 11.6 Å². The maximum atomic E-state index is 12.8. The van der Waals surface area contributed by atoms with E-state index >= 15 is 0 Å². The lowest BCUT2D eigenvalue weighted by molar-refractivity contribution is -0.163. The minimum Gasteiger partial charge on any atom is -0.355 e. The normalized spacial score (nSPS) is 11.3. The van der Waals surface area contributed by atoms with Gasteiger partial charge in [-0.3, -0.25) is 9.59 Å². The van der Waals surface area contributed by atoms with E-state index in [1.54, 1.807) is 5.32 Å². The fraction of sp³-hybridized carbons (Fsp3) is 0.273. The largest absolute Gasteiger partial charge is 0.383 e. The zero-order valence-electron chi connectivity index (χ0n) is 10.0. The molecule has 1 aromatic carbocycles. The molecule has 0 aliphatic carbocycles. The molecule has 9 heteroatoms. The summed E-state index contributed by atoms with van der Waals surface area (Å²) in [5.74, 6) is -7.62. The first-order valence-corrected chi connectivity index (χ1v) is 5.57. The van der Waals surface area contributed by atoms with E-state index < -0.39 is 24.2 Å². The van der Waals surface area contributed by atoms with Crippen molar-refractivity contribution in [2.45, 2.75) is 12.3 Å². The van der Waals surface area contributed by atoms with Crippen LogP contribution in [0, 0.1) is 0 Å².